The highest BCUT2D eigenvalue weighted by atomic mass is 16.2. The molecule has 0 saturated carbocycles. The van der Waals surface area contributed by atoms with Gasteiger partial charge in [-0.15, -0.1) is 0 Å². The highest BCUT2D eigenvalue weighted by Gasteiger charge is 2.18. The summed E-state index contributed by atoms with van der Waals surface area (Å²) in [5, 5.41) is 7.35. The zero-order chi connectivity index (χ0) is 17.9. The summed E-state index contributed by atoms with van der Waals surface area (Å²) < 4.78 is 1.82. The van der Waals surface area contributed by atoms with E-state index in [0.29, 0.717) is 12.5 Å². The molecule has 130 valence electrons. The number of hydrogen-bond acceptors (Lipinski definition) is 3. The summed E-state index contributed by atoms with van der Waals surface area (Å²) in [6, 6.07) is 6.02. The molecule has 0 aliphatic rings. The van der Waals surface area contributed by atoms with Gasteiger partial charge in [-0.25, -0.2) is 14.5 Å². The fraction of sp³-hybridized carbons (Fsp3) is 0.500. The van der Waals surface area contributed by atoms with Crippen LogP contribution in [-0.2, 0) is 6.54 Å². The molecule has 2 rings (SSSR count). The first-order chi connectivity index (χ1) is 11.3. The predicted octanol–water partition coefficient (Wildman–Crippen LogP) is 3.07. The summed E-state index contributed by atoms with van der Waals surface area (Å²) in [6.45, 7) is 10.7. The van der Waals surface area contributed by atoms with Gasteiger partial charge in [-0.3, -0.25) is 0 Å². The quantitative estimate of drug-likeness (QED) is 0.917. The summed E-state index contributed by atoms with van der Waals surface area (Å²) >= 11 is 0. The molecular weight excluding hydrogens is 302 g/mol. The van der Waals surface area contributed by atoms with Crippen molar-refractivity contribution in [3.63, 3.8) is 0 Å². The summed E-state index contributed by atoms with van der Waals surface area (Å²) in [7, 11) is 1.82. The van der Waals surface area contributed by atoms with E-state index < -0.39 is 0 Å². The van der Waals surface area contributed by atoms with Crippen LogP contribution < -0.4 is 5.32 Å². The summed E-state index contributed by atoms with van der Waals surface area (Å²) in [5.74, 6) is 1.20. The van der Waals surface area contributed by atoms with Crippen LogP contribution in [0.25, 0.3) is 5.82 Å². The van der Waals surface area contributed by atoms with Gasteiger partial charge in [-0.05, 0) is 44.4 Å². The number of carbonyl (C=O) groups excluding carboxylic acids is 1. The molecule has 2 amide bonds. The van der Waals surface area contributed by atoms with E-state index in [9.17, 15) is 4.79 Å². The number of carbonyl (C=O) groups is 1. The summed E-state index contributed by atoms with van der Waals surface area (Å²) in [5.41, 5.74) is 2.97. The van der Waals surface area contributed by atoms with Crippen LogP contribution in [0.2, 0.25) is 0 Å². The molecule has 0 fully saturated rings. The van der Waals surface area contributed by atoms with Gasteiger partial charge >= 0.3 is 6.03 Å². The van der Waals surface area contributed by atoms with Crippen molar-refractivity contribution in [3.8, 4) is 5.82 Å². The Morgan fingerprint density at radius 2 is 2.00 bits per heavy atom. The number of hydrogen-bond donors (Lipinski definition) is 1. The van der Waals surface area contributed by atoms with Crippen LogP contribution in [0.3, 0.4) is 0 Å². The lowest BCUT2D eigenvalue weighted by molar-refractivity contribution is 0.179. The Balaban J connectivity index is 1.97. The number of rotatable bonds is 5. The van der Waals surface area contributed by atoms with Crippen LogP contribution in [0, 0.1) is 19.8 Å². The molecule has 0 saturated heterocycles. The minimum Gasteiger partial charge on any atom is -0.334 e. The zero-order valence-electron chi connectivity index (χ0n) is 15.4. The maximum Gasteiger partial charge on any atom is 0.317 e. The largest absolute Gasteiger partial charge is 0.334 e. The smallest absolute Gasteiger partial charge is 0.317 e. The van der Waals surface area contributed by atoms with Crippen molar-refractivity contribution in [1.29, 1.82) is 0 Å². The second kappa shape index (κ2) is 7.47. The number of nitrogens with zero attached hydrogens (tertiary/aromatic N) is 4. The molecule has 2 aromatic heterocycles. The number of pyridine rings is 1. The van der Waals surface area contributed by atoms with Crippen molar-refractivity contribution in [3.05, 3.63) is 41.3 Å². The lowest BCUT2D eigenvalue weighted by Crippen LogP contribution is -2.44. The number of amides is 2. The third-order valence-electron chi connectivity index (χ3n) is 4.38. The molecule has 0 aromatic carbocycles. The second-order valence-corrected chi connectivity index (χ2v) is 6.62. The van der Waals surface area contributed by atoms with Crippen molar-refractivity contribution in [1.82, 2.24) is 25.0 Å². The predicted molar refractivity (Wildman–Crippen MR) is 95.1 cm³/mol. The van der Waals surface area contributed by atoms with Gasteiger partial charge in [-0.1, -0.05) is 19.9 Å². The summed E-state index contributed by atoms with van der Waals surface area (Å²) in [6.07, 6.45) is 1.78. The van der Waals surface area contributed by atoms with E-state index in [4.69, 9.17) is 0 Å². The Bertz CT molecular complexity index is 690. The third kappa shape index (κ3) is 4.13. The number of urea groups is 1. The van der Waals surface area contributed by atoms with Gasteiger partial charge in [0.2, 0.25) is 0 Å². The van der Waals surface area contributed by atoms with Gasteiger partial charge in [0, 0.05) is 31.5 Å². The normalized spacial score (nSPS) is 12.3. The Labute approximate surface area is 143 Å². The van der Waals surface area contributed by atoms with Gasteiger partial charge in [0.25, 0.3) is 0 Å². The van der Waals surface area contributed by atoms with Gasteiger partial charge in [0.15, 0.2) is 5.82 Å². The topological polar surface area (TPSA) is 63.1 Å². The molecule has 1 N–H and O–H groups in total. The lowest BCUT2D eigenvalue weighted by Gasteiger charge is -2.28. The van der Waals surface area contributed by atoms with Crippen LogP contribution in [0.1, 0.15) is 37.7 Å². The highest BCUT2D eigenvalue weighted by molar-refractivity contribution is 5.74. The van der Waals surface area contributed by atoms with Crippen LogP contribution in [0.4, 0.5) is 4.79 Å². The van der Waals surface area contributed by atoms with Gasteiger partial charge in [0.05, 0.1) is 5.69 Å². The van der Waals surface area contributed by atoms with E-state index in [2.05, 4.69) is 36.2 Å². The second-order valence-electron chi connectivity index (χ2n) is 6.62. The molecule has 0 aliphatic carbocycles. The molecule has 6 heteroatoms. The van der Waals surface area contributed by atoms with Gasteiger partial charge in [-0.2, -0.15) is 5.10 Å². The van der Waals surface area contributed by atoms with Crippen molar-refractivity contribution in [2.45, 2.75) is 47.2 Å². The van der Waals surface area contributed by atoms with Gasteiger partial charge < -0.3 is 10.2 Å². The molecule has 0 aliphatic heterocycles. The highest BCUT2D eigenvalue weighted by Crippen LogP contribution is 2.11. The molecule has 24 heavy (non-hydrogen) atoms. The molecule has 1 atom stereocenters. The van der Waals surface area contributed by atoms with Crippen molar-refractivity contribution in [2.24, 2.45) is 5.92 Å². The molecule has 0 radical (unpaired) electrons. The SMILES string of the molecule is Cc1cc(C)n(-c2ccc(CNC(=O)N(C)[C@@H](C)C(C)C)cn2)n1. The van der Waals surface area contributed by atoms with E-state index in [-0.39, 0.29) is 12.1 Å². The fourth-order valence-corrected chi connectivity index (χ4v) is 2.44. The molecule has 6 nitrogen and oxygen atoms in total. The molecule has 0 spiro atoms. The number of aryl methyl sites for hydroxylation is 2. The van der Waals surface area contributed by atoms with Crippen LogP contribution in [0.15, 0.2) is 24.4 Å². The minimum atomic E-state index is -0.0705. The van der Waals surface area contributed by atoms with E-state index in [1.807, 2.05) is 43.8 Å². The van der Waals surface area contributed by atoms with E-state index >= 15 is 0 Å². The first kappa shape index (κ1) is 18.0. The molecule has 2 aromatic rings. The van der Waals surface area contributed by atoms with Crippen molar-refractivity contribution < 1.29 is 4.79 Å². The number of nitrogens with one attached hydrogen (secondary N) is 1. The van der Waals surface area contributed by atoms with Crippen molar-refractivity contribution in [2.75, 3.05) is 7.05 Å². The zero-order valence-corrected chi connectivity index (χ0v) is 15.4. The number of aromatic nitrogens is 3. The summed E-state index contributed by atoms with van der Waals surface area (Å²) in [4.78, 5) is 18.4. The van der Waals surface area contributed by atoms with Gasteiger partial charge in [0.1, 0.15) is 0 Å². The van der Waals surface area contributed by atoms with E-state index in [1.54, 1.807) is 11.1 Å². The first-order valence-electron chi connectivity index (χ1n) is 8.28. The Morgan fingerprint density at radius 1 is 1.29 bits per heavy atom. The lowest BCUT2D eigenvalue weighted by atomic mass is 10.1. The van der Waals surface area contributed by atoms with Crippen LogP contribution >= 0.6 is 0 Å². The maximum absolute atomic E-state index is 12.2. The average molecular weight is 329 g/mol. The molecular formula is C18H27N5O. The first-order valence-corrected chi connectivity index (χ1v) is 8.28. The Hall–Kier alpha value is -2.37. The molecule has 0 unspecified atom stereocenters. The third-order valence-corrected chi connectivity index (χ3v) is 4.38. The van der Waals surface area contributed by atoms with Crippen LogP contribution in [-0.4, -0.2) is 38.8 Å². The Kier molecular flexibility index (Phi) is 5.59. The van der Waals surface area contributed by atoms with Crippen molar-refractivity contribution >= 4 is 6.03 Å². The van der Waals surface area contributed by atoms with Crippen LogP contribution in [0.5, 0.6) is 0 Å². The van der Waals surface area contributed by atoms with E-state index in [1.165, 1.54) is 0 Å². The fourth-order valence-electron chi connectivity index (χ4n) is 2.44. The molecule has 2 heterocycles. The standard InChI is InChI=1S/C18H27N5O/c1-12(2)15(5)22(6)18(24)20-11-16-7-8-17(19-10-16)23-14(4)9-13(3)21-23/h7-10,12,15H,11H2,1-6H3,(H,20,24)/t15-/m0/s1. The molecule has 0 bridgehead atoms. The minimum absolute atomic E-state index is 0.0705. The monoisotopic (exact) mass is 329 g/mol. The average Bonchev–Trinajstić information content (AvgIpc) is 2.90. The Morgan fingerprint density at radius 3 is 2.50 bits per heavy atom. The maximum atomic E-state index is 12.2. The van der Waals surface area contributed by atoms with E-state index in [0.717, 1.165) is 22.8 Å².